The van der Waals surface area contributed by atoms with Crippen LogP contribution < -0.4 is 9.47 Å². The normalized spacial score (nSPS) is 15.0. The number of hydrogen-bond acceptors (Lipinski definition) is 7. The number of nitrogens with zero attached hydrogens (tertiary/aromatic N) is 3. The lowest BCUT2D eigenvalue weighted by atomic mass is 10.2. The van der Waals surface area contributed by atoms with Gasteiger partial charge in [0.2, 0.25) is 15.9 Å². The third kappa shape index (κ3) is 5.52. The zero-order valence-electron chi connectivity index (χ0n) is 17.7. The minimum absolute atomic E-state index is 0.205. The highest BCUT2D eigenvalue weighted by Crippen LogP contribution is 2.22. The smallest absolute Gasteiger partial charge is 0.259 e. The largest absolute Gasteiger partial charge is 0.494 e. The SMILES string of the molecule is CCOc1ccc(S(=O)(=O)N2CCN(C(=O)c3cccnc3OCCOC)CC2)cc1. The molecule has 2 aromatic rings. The first-order valence-electron chi connectivity index (χ1n) is 10.1. The summed E-state index contributed by atoms with van der Waals surface area (Å²) in [6.45, 7) is 4.02. The lowest BCUT2D eigenvalue weighted by Gasteiger charge is -2.34. The number of hydrogen-bond donors (Lipinski definition) is 0. The van der Waals surface area contributed by atoms with Crippen LogP contribution in [-0.2, 0) is 14.8 Å². The highest BCUT2D eigenvalue weighted by atomic mass is 32.2. The molecule has 1 amide bonds. The third-order valence-corrected chi connectivity index (χ3v) is 6.74. The number of sulfonamides is 1. The summed E-state index contributed by atoms with van der Waals surface area (Å²) >= 11 is 0. The van der Waals surface area contributed by atoms with E-state index in [1.54, 1.807) is 42.5 Å². The number of benzene rings is 1. The number of amides is 1. The van der Waals surface area contributed by atoms with Crippen molar-refractivity contribution in [1.29, 1.82) is 0 Å². The summed E-state index contributed by atoms with van der Waals surface area (Å²) in [5, 5.41) is 0. The van der Waals surface area contributed by atoms with Crippen molar-refractivity contribution in [1.82, 2.24) is 14.2 Å². The van der Waals surface area contributed by atoms with Crippen LogP contribution in [0.4, 0.5) is 0 Å². The lowest BCUT2D eigenvalue weighted by molar-refractivity contribution is 0.0689. The van der Waals surface area contributed by atoms with E-state index in [4.69, 9.17) is 14.2 Å². The van der Waals surface area contributed by atoms with Crippen LogP contribution >= 0.6 is 0 Å². The summed E-state index contributed by atoms with van der Waals surface area (Å²) in [5.74, 6) is 0.629. The summed E-state index contributed by atoms with van der Waals surface area (Å²) in [4.78, 5) is 18.9. The van der Waals surface area contributed by atoms with E-state index in [2.05, 4.69) is 4.98 Å². The van der Waals surface area contributed by atoms with Crippen molar-refractivity contribution in [2.75, 3.05) is 53.1 Å². The first-order chi connectivity index (χ1) is 15.0. The molecular formula is C21H27N3O6S. The van der Waals surface area contributed by atoms with Crippen LogP contribution in [0.25, 0.3) is 0 Å². The van der Waals surface area contributed by atoms with Crippen molar-refractivity contribution >= 4 is 15.9 Å². The Morgan fingerprint density at radius 3 is 2.39 bits per heavy atom. The van der Waals surface area contributed by atoms with Crippen LogP contribution in [0.1, 0.15) is 17.3 Å². The molecule has 168 valence electrons. The van der Waals surface area contributed by atoms with Crippen molar-refractivity contribution in [2.45, 2.75) is 11.8 Å². The molecule has 0 bridgehead atoms. The molecule has 10 heteroatoms. The standard InChI is InChI=1S/C21H27N3O6S/c1-3-29-17-6-8-18(9-7-17)31(26,27)24-13-11-23(12-14-24)21(25)19-5-4-10-22-20(19)30-16-15-28-2/h4-10H,3,11-16H2,1-2H3. The van der Waals surface area contributed by atoms with Crippen LogP contribution in [0.15, 0.2) is 47.5 Å². The van der Waals surface area contributed by atoms with Gasteiger partial charge in [0.25, 0.3) is 5.91 Å². The number of pyridine rings is 1. The maximum Gasteiger partial charge on any atom is 0.259 e. The summed E-state index contributed by atoms with van der Waals surface area (Å²) in [6, 6.07) is 9.69. The highest BCUT2D eigenvalue weighted by Gasteiger charge is 2.31. The van der Waals surface area contributed by atoms with E-state index in [0.717, 1.165) is 0 Å². The van der Waals surface area contributed by atoms with Gasteiger partial charge in [-0.1, -0.05) is 0 Å². The zero-order chi connectivity index (χ0) is 22.3. The van der Waals surface area contributed by atoms with Crippen LogP contribution in [0.2, 0.25) is 0 Å². The quantitative estimate of drug-likeness (QED) is 0.537. The number of carbonyl (C=O) groups is 1. The molecule has 1 aromatic carbocycles. The molecule has 0 atom stereocenters. The number of ether oxygens (including phenoxy) is 3. The molecular weight excluding hydrogens is 422 g/mol. The maximum absolute atomic E-state index is 13.0. The van der Waals surface area contributed by atoms with E-state index >= 15 is 0 Å². The fourth-order valence-electron chi connectivity index (χ4n) is 3.22. The van der Waals surface area contributed by atoms with Crippen molar-refractivity contribution in [3.8, 4) is 11.6 Å². The molecule has 1 aliphatic heterocycles. The van der Waals surface area contributed by atoms with Gasteiger partial charge in [-0.15, -0.1) is 0 Å². The minimum Gasteiger partial charge on any atom is -0.494 e. The second-order valence-electron chi connectivity index (χ2n) is 6.80. The van der Waals surface area contributed by atoms with Gasteiger partial charge in [-0.3, -0.25) is 4.79 Å². The van der Waals surface area contributed by atoms with Crippen LogP contribution in [0, 0.1) is 0 Å². The molecule has 0 saturated carbocycles. The second-order valence-corrected chi connectivity index (χ2v) is 8.74. The molecule has 1 aliphatic rings. The summed E-state index contributed by atoms with van der Waals surface area (Å²) in [6.07, 6.45) is 1.56. The number of methoxy groups -OCH3 is 1. The van der Waals surface area contributed by atoms with Gasteiger partial charge in [-0.2, -0.15) is 4.31 Å². The van der Waals surface area contributed by atoms with Crippen molar-refractivity contribution in [3.63, 3.8) is 0 Å². The molecule has 0 N–H and O–H groups in total. The molecule has 0 spiro atoms. The maximum atomic E-state index is 13.0. The van der Waals surface area contributed by atoms with E-state index in [1.807, 2.05) is 6.92 Å². The molecule has 2 heterocycles. The van der Waals surface area contributed by atoms with E-state index in [0.29, 0.717) is 24.5 Å². The Hall–Kier alpha value is -2.69. The lowest BCUT2D eigenvalue weighted by Crippen LogP contribution is -2.50. The van der Waals surface area contributed by atoms with Crippen LogP contribution in [-0.4, -0.2) is 81.6 Å². The Bertz CT molecular complexity index is 973. The average Bonchev–Trinajstić information content (AvgIpc) is 2.80. The molecule has 0 aliphatic carbocycles. The molecule has 0 radical (unpaired) electrons. The fraction of sp³-hybridized carbons (Fsp3) is 0.429. The molecule has 31 heavy (non-hydrogen) atoms. The Labute approximate surface area is 182 Å². The van der Waals surface area contributed by atoms with Crippen LogP contribution in [0.5, 0.6) is 11.6 Å². The Morgan fingerprint density at radius 2 is 1.74 bits per heavy atom. The number of aromatic nitrogens is 1. The molecule has 1 aromatic heterocycles. The number of carbonyl (C=O) groups excluding carboxylic acids is 1. The summed E-state index contributed by atoms with van der Waals surface area (Å²) < 4.78 is 43.2. The number of piperazine rings is 1. The highest BCUT2D eigenvalue weighted by molar-refractivity contribution is 7.89. The molecule has 3 rings (SSSR count). The molecule has 0 unspecified atom stereocenters. The van der Waals surface area contributed by atoms with Gasteiger partial charge in [0.1, 0.15) is 17.9 Å². The Kier molecular flexibility index (Phi) is 7.83. The van der Waals surface area contributed by atoms with Crippen molar-refractivity contribution in [3.05, 3.63) is 48.2 Å². The monoisotopic (exact) mass is 449 g/mol. The van der Waals surface area contributed by atoms with E-state index < -0.39 is 10.0 Å². The van der Waals surface area contributed by atoms with Gasteiger partial charge < -0.3 is 19.1 Å². The van der Waals surface area contributed by atoms with Gasteiger partial charge in [0.05, 0.1) is 18.1 Å². The van der Waals surface area contributed by atoms with Gasteiger partial charge in [-0.25, -0.2) is 13.4 Å². The summed E-state index contributed by atoms with van der Waals surface area (Å²) in [7, 11) is -2.08. The van der Waals surface area contributed by atoms with Gasteiger partial charge >= 0.3 is 0 Å². The predicted octanol–water partition coefficient (Wildman–Crippen LogP) is 1.65. The topological polar surface area (TPSA) is 98.3 Å². The Balaban J connectivity index is 1.64. The zero-order valence-corrected chi connectivity index (χ0v) is 18.5. The third-order valence-electron chi connectivity index (χ3n) is 4.83. The Morgan fingerprint density at radius 1 is 1.03 bits per heavy atom. The first-order valence-corrected chi connectivity index (χ1v) is 11.5. The first kappa shape index (κ1) is 23.0. The van der Waals surface area contributed by atoms with Crippen molar-refractivity contribution in [2.24, 2.45) is 0 Å². The van der Waals surface area contributed by atoms with Crippen molar-refractivity contribution < 1.29 is 27.4 Å². The molecule has 1 saturated heterocycles. The van der Waals surface area contributed by atoms with E-state index in [-0.39, 0.29) is 49.5 Å². The van der Waals surface area contributed by atoms with Gasteiger partial charge in [0.15, 0.2) is 0 Å². The average molecular weight is 450 g/mol. The van der Waals surface area contributed by atoms with E-state index in [1.165, 1.54) is 16.4 Å². The molecule has 1 fully saturated rings. The number of rotatable bonds is 9. The minimum atomic E-state index is -3.64. The second kappa shape index (κ2) is 10.6. The molecule has 9 nitrogen and oxygen atoms in total. The van der Waals surface area contributed by atoms with Gasteiger partial charge in [-0.05, 0) is 43.3 Å². The van der Waals surface area contributed by atoms with E-state index in [9.17, 15) is 13.2 Å². The summed E-state index contributed by atoms with van der Waals surface area (Å²) in [5.41, 5.74) is 0.349. The van der Waals surface area contributed by atoms with Crippen LogP contribution in [0.3, 0.4) is 0 Å². The fourth-order valence-corrected chi connectivity index (χ4v) is 4.64. The van der Waals surface area contributed by atoms with Gasteiger partial charge in [0, 0.05) is 39.5 Å². The predicted molar refractivity (Wildman–Crippen MR) is 114 cm³/mol.